The van der Waals surface area contributed by atoms with Crippen molar-refractivity contribution in [2.45, 2.75) is 25.8 Å². The molecular formula is C30H32N6O3S2. The SMILES string of the molecule is COc1cc2[nH]c(=O)sc2cc1Nc1ncnc2sc3c(c12)CCC(C(=O)N(CCN(C)C)Cc1ccccc1)C3. The van der Waals surface area contributed by atoms with Crippen molar-refractivity contribution >= 4 is 60.5 Å². The van der Waals surface area contributed by atoms with E-state index in [-0.39, 0.29) is 16.7 Å². The van der Waals surface area contributed by atoms with Crippen LogP contribution in [0.5, 0.6) is 5.75 Å². The second-order valence-corrected chi connectivity index (χ2v) is 12.7. The predicted octanol–water partition coefficient (Wildman–Crippen LogP) is 5.04. The number of anilines is 2. The number of thiazole rings is 1. The minimum atomic E-state index is -0.108. The Bertz CT molecular complexity index is 1760. The number of H-pyrrole nitrogens is 1. The number of benzene rings is 2. The van der Waals surface area contributed by atoms with E-state index in [1.807, 2.05) is 49.3 Å². The van der Waals surface area contributed by atoms with Gasteiger partial charge in [-0.05, 0) is 50.6 Å². The molecule has 2 aromatic carbocycles. The van der Waals surface area contributed by atoms with E-state index in [9.17, 15) is 9.59 Å². The minimum Gasteiger partial charge on any atom is -0.494 e. The molecule has 0 spiro atoms. The smallest absolute Gasteiger partial charge is 0.305 e. The van der Waals surface area contributed by atoms with Crippen LogP contribution < -0.4 is 14.9 Å². The number of nitrogens with one attached hydrogen (secondary N) is 2. The Morgan fingerprint density at radius 1 is 1.15 bits per heavy atom. The van der Waals surface area contributed by atoms with E-state index in [1.54, 1.807) is 24.8 Å². The number of nitrogens with zero attached hydrogens (tertiary/aromatic N) is 4. The molecule has 0 fully saturated rings. The van der Waals surface area contributed by atoms with Gasteiger partial charge in [-0.25, -0.2) is 9.97 Å². The number of hydrogen-bond acceptors (Lipinski definition) is 9. The summed E-state index contributed by atoms with van der Waals surface area (Å²) in [6, 6.07) is 13.9. The minimum absolute atomic E-state index is 0.0651. The fourth-order valence-corrected chi connectivity index (χ4v) is 7.46. The van der Waals surface area contributed by atoms with Gasteiger partial charge in [0.25, 0.3) is 0 Å². The van der Waals surface area contributed by atoms with Crippen molar-refractivity contribution in [2.24, 2.45) is 5.92 Å². The molecule has 0 saturated heterocycles. The van der Waals surface area contributed by atoms with E-state index in [0.717, 1.165) is 62.4 Å². The number of thiophene rings is 1. The number of likely N-dealkylation sites (N-methyl/N-ethyl adjacent to an activating group) is 1. The number of rotatable bonds is 9. The van der Waals surface area contributed by atoms with Crippen LogP contribution in [0, 0.1) is 5.92 Å². The summed E-state index contributed by atoms with van der Waals surface area (Å²) in [5.41, 5.74) is 3.83. The van der Waals surface area contributed by atoms with Gasteiger partial charge in [-0.15, -0.1) is 11.3 Å². The standard InChI is InChI=1S/C30H32N6O3S2/c1-35(2)11-12-36(16-18-7-5-4-6-8-18)29(37)19-9-10-20-24(13-19)40-28-26(20)27(31-17-32-28)33-21-15-25-22(14-23(21)39-3)34-30(38)41-25/h4-8,14-15,17,19H,9-13,16H2,1-3H3,(H,34,38)(H,31,32,33). The summed E-state index contributed by atoms with van der Waals surface area (Å²) >= 11 is 2.81. The first-order valence-electron chi connectivity index (χ1n) is 13.6. The van der Waals surface area contributed by atoms with Crippen molar-refractivity contribution in [3.63, 3.8) is 0 Å². The first kappa shape index (κ1) is 27.4. The average Bonchev–Trinajstić information content (AvgIpc) is 3.53. The number of carbonyl (C=O) groups excluding carboxylic acids is 1. The number of aryl methyl sites for hydroxylation is 1. The number of aromatic nitrogens is 3. The molecule has 3 heterocycles. The molecule has 1 aliphatic carbocycles. The van der Waals surface area contributed by atoms with Gasteiger partial charge >= 0.3 is 4.87 Å². The number of hydrogen-bond donors (Lipinski definition) is 2. The van der Waals surface area contributed by atoms with E-state index in [2.05, 4.69) is 37.3 Å². The first-order valence-corrected chi connectivity index (χ1v) is 15.2. The molecule has 1 atom stereocenters. The van der Waals surface area contributed by atoms with Crippen molar-refractivity contribution in [1.29, 1.82) is 0 Å². The second kappa shape index (κ2) is 11.6. The quantitative estimate of drug-likeness (QED) is 0.249. The molecule has 9 nitrogen and oxygen atoms in total. The van der Waals surface area contributed by atoms with Crippen LogP contribution in [0.4, 0.5) is 11.5 Å². The Labute approximate surface area is 245 Å². The highest BCUT2D eigenvalue weighted by Gasteiger charge is 2.32. The van der Waals surface area contributed by atoms with E-state index in [4.69, 9.17) is 4.74 Å². The van der Waals surface area contributed by atoms with E-state index >= 15 is 0 Å². The zero-order valence-electron chi connectivity index (χ0n) is 23.3. The highest BCUT2D eigenvalue weighted by atomic mass is 32.1. The molecule has 1 unspecified atom stereocenters. The van der Waals surface area contributed by atoms with Gasteiger partial charge in [-0.1, -0.05) is 41.7 Å². The van der Waals surface area contributed by atoms with E-state index < -0.39 is 0 Å². The molecule has 2 N–H and O–H groups in total. The van der Waals surface area contributed by atoms with Crippen LogP contribution in [-0.4, -0.2) is 65.0 Å². The third-order valence-electron chi connectivity index (χ3n) is 7.53. The van der Waals surface area contributed by atoms with Gasteiger partial charge < -0.3 is 24.8 Å². The fraction of sp³-hybridized carbons (Fsp3) is 0.333. The Kier molecular flexibility index (Phi) is 7.74. The summed E-state index contributed by atoms with van der Waals surface area (Å²) < 4.78 is 6.45. The van der Waals surface area contributed by atoms with Crippen LogP contribution in [0.15, 0.2) is 53.6 Å². The van der Waals surface area contributed by atoms with Gasteiger partial charge in [0, 0.05) is 36.5 Å². The van der Waals surface area contributed by atoms with E-state index in [1.165, 1.54) is 10.4 Å². The number of amides is 1. The highest BCUT2D eigenvalue weighted by molar-refractivity contribution is 7.19. The summed E-state index contributed by atoms with van der Waals surface area (Å²) in [5, 5.41) is 4.45. The Morgan fingerprint density at radius 3 is 2.76 bits per heavy atom. The van der Waals surface area contributed by atoms with Crippen LogP contribution in [0.25, 0.3) is 20.4 Å². The number of fused-ring (bicyclic) bond motifs is 4. The lowest BCUT2D eigenvalue weighted by Gasteiger charge is -2.30. The molecule has 6 rings (SSSR count). The Hall–Kier alpha value is -3.80. The summed E-state index contributed by atoms with van der Waals surface area (Å²) in [7, 11) is 5.68. The number of aromatic amines is 1. The lowest BCUT2D eigenvalue weighted by Crippen LogP contribution is -2.41. The van der Waals surface area contributed by atoms with Crippen molar-refractivity contribution in [3.8, 4) is 5.75 Å². The fourth-order valence-electron chi connectivity index (χ4n) is 5.44. The topological polar surface area (TPSA) is 103 Å². The molecule has 3 aromatic heterocycles. The normalized spacial score (nSPS) is 14.9. The van der Waals surface area contributed by atoms with Gasteiger partial charge in [0.05, 0.1) is 28.4 Å². The summed E-state index contributed by atoms with van der Waals surface area (Å²) in [5.74, 6) is 1.47. The lowest BCUT2D eigenvalue weighted by molar-refractivity contribution is -0.136. The Balaban J connectivity index is 1.27. The van der Waals surface area contributed by atoms with Gasteiger partial charge in [0.15, 0.2) is 0 Å². The van der Waals surface area contributed by atoms with Gasteiger partial charge in [-0.3, -0.25) is 9.59 Å². The molecule has 0 radical (unpaired) electrons. The highest BCUT2D eigenvalue weighted by Crippen LogP contribution is 2.42. The number of methoxy groups -OCH3 is 1. The largest absolute Gasteiger partial charge is 0.494 e. The lowest BCUT2D eigenvalue weighted by atomic mass is 9.86. The molecule has 1 amide bonds. The molecule has 0 bridgehead atoms. The summed E-state index contributed by atoms with van der Waals surface area (Å²) in [6.07, 6.45) is 3.84. The maximum Gasteiger partial charge on any atom is 0.305 e. The van der Waals surface area contributed by atoms with Crippen LogP contribution in [0.2, 0.25) is 0 Å². The van der Waals surface area contributed by atoms with E-state index in [0.29, 0.717) is 31.1 Å². The molecule has 5 aromatic rings. The number of ether oxygens (including phenoxy) is 1. The maximum atomic E-state index is 13.9. The Morgan fingerprint density at radius 2 is 1.98 bits per heavy atom. The maximum absolute atomic E-state index is 13.9. The summed E-state index contributed by atoms with van der Waals surface area (Å²) in [4.78, 5) is 43.9. The zero-order valence-corrected chi connectivity index (χ0v) is 24.9. The monoisotopic (exact) mass is 588 g/mol. The van der Waals surface area contributed by atoms with Crippen molar-refractivity contribution in [2.75, 3.05) is 39.6 Å². The van der Waals surface area contributed by atoms with Crippen molar-refractivity contribution in [1.82, 2.24) is 24.8 Å². The predicted molar refractivity (Wildman–Crippen MR) is 166 cm³/mol. The zero-order chi connectivity index (χ0) is 28.5. The number of carbonyl (C=O) groups is 1. The van der Waals surface area contributed by atoms with Gasteiger partial charge in [0.2, 0.25) is 5.91 Å². The summed E-state index contributed by atoms with van der Waals surface area (Å²) in [6.45, 7) is 2.13. The van der Waals surface area contributed by atoms with Gasteiger partial charge in [0.1, 0.15) is 22.7 Å². The van der Waals surface area contributed by atoms with Crippen LogP contribution in [0.1, 0.15) is 22.4 Å². The average molecular weight is 589 g/mol. The molecule has 11 heteroatoms. The van der Waals surface area contributed by atoms with Crippen molar-refractivity contribution in [3.05, 3.63) is 74.5 Å². The first-order chi connectivity index (χ1) is 19.9. The van der Waals surface area contributed by atoms with Crippen LogP contribution in [-0.2, 0) is 24.2 Å². The molecule has 1 aliphatic rings. The van der Waals surface area contributed by atoms with Crippen LogP contribution >= 0.6 is 22.7 Å². The molecule has 212 valence electrons. The second-order valence-electron chi connectivity index (χ2n) is 10.6. The third-order valence-corrected chi connectivity index (χ3v) is 9.54. The van der Waals surface area contributed by atoms with Crippen LogP contribution in [0.3, 0.4) is 0 Å². The molecule has 41 heavy (non-hydrogen) atoms. The third kappa shape index (κ3) is 5.70. The van der Waals surface area contributed by atoms with Gasteiger partial charge in [-0.2, -0.15) is 0 Å². The molecule has 0 saturated carbocycles. The van der Waals surface area contributed by atoms with Crippen molar-refractivity contribution < 1.29 is 9.53 Å². The molecular weight excluding hydrogens is 557 g/mol. The molecule has 0 aliphatic heterocycles.